The molecule has 0 unspecified atom stereocenters. The van der Waals surface area contributed by atoms with E-state index < -0.39 is 12.0 Å². The quantitative estimate of drug-likeness (QED) is 0.637. The summed E-state index contributed by atoms with van der Waals surface area (Å²) in [7, 11) is 0. The number of aromatic carboxylic acids is 1. The lowest BCUT2D eigenvalue weighted by atomic mass is 10.0. The molecule has 1 aliphatic rings. The number of nitrogens with one attached hydrogen (secondary N) is 1. The molecule has 156 valence electrons. The van der Waals surface area contributed by atoms with E-state index in [9.17, 15) is 14.4 Å². The molecule has 0 spiro atoms. The van der Waals surface area contributed by atoms with E-state index in [2.05, 4.69) is 10.3 Å². The number of anilines is 1. The van der Waals surface area contributed by atoms with Gasteiger partial charge >= 0.3 is 5.97 Å². The minimum absolute atomic E-state index is 0.128. The van der Waals surface area contributed by atoms with Crippen LogP contribution in [0.25, 0.3) is 0 Å². The first-order valence-electron chi connectivity index (χ1n) is 9.55. The molecule has 0 fully saturated rings. The van der Waals surface area contributed by atoms with Crippen molar-refractivity contribution in [1.82, 2.24) is 9.88 Å². The molecule has 7 nitrogen and oxygen atoms in total. The predicted molar refractivity (Wildman–Crippen MR) is 115 cm³/mol. The molecule has 1 aromatic heterocycles. The zero-order valence-electron chi connectivity index (χ0n) is 16.3. The lowest BCUT2D eigenvalue weighted by Gasteiger charge is -2.29. The van der Waals surface area contributed by atoms with E-state index in [4.69, 9.17) is 16.7 Å². The number of amides is 2. The zero-order valence-corrected chi connectivity index (χ0v) is 17.0. The summed E-state index contributed by atoms with van der Waals surface area (Å²) in [5.41, 5.74) is 2.36. The van der Waals surface area contributed by atoms with E-state index in [0.29, 0.717) is 21.8 Å². The van der Waals surface area contributed by atoms with Crippen LogP contribution in [-0.4, -0.2) is 38.8 Å². The van der Waals surface area contributed by atoms with Gasteiger partial charge in [-0.15, -0.1) is 0 Å². The van der Waals surface area contributed by atoms with E-state index in [1.807, 2.05) is 6.07 Å². The van der Waals surface area contributed by atoms with Gasteiger partial charge in [0.25, 0.3) is 5.91 Å². The molecule has 4 rings (SSSR count). The summed E-state index contributed by atoms with van der Waals surface area (Å²) in [6.45, 7) is 0.128. The number of hydrogen-bond donors (Lipinski definition) is 2. The third-order valence-electron chi connectivity index (χ3n) is 5.12. The third kappa shape index (κ3) is 4.41. The normalized spacial score (nSPS) is 15.8. The number of halogens is 1. The summed E-state index contributed by atoms with van der Waals surface area (Å²) in [6.07, 6.45) is 3.58. The van der Waals surface area contributed by atoms with Gasteiger partial charge in [-0.3, -0.25) is 14.6 Å². The number of aromatic nitrogens is 1. The van der Waals surface area contributed by atoms with Crippen LogP contribution in [0.15, 0.2) is 67.0 Å². The molecule has 1 atom stereocenters. The summed E-state index contributed by atoms with van der Waals surface area (Å²) in [4.78, 5) is 43.3. The standard InChI is InChI=1S/C23H18ClN3O4/c24-17-7-8-19-18(11-17)22(29)27(13-14-3-5-16(6-4-14)23(30)31)20(21(28)26-19)10-15-2-1-9-25-12-15/h1-9,11-12,20H,10,13H2,(H,26,28)(H,30,31)/t20-/m1/s1. The van der Waals surface area contributed by atoms with Crippen LogP contribution in [0.1, 0.15) is 31.8 Å². The van der Waals surface area contributed by atoms with Crippen LogP contribution in [0.5, 0.6) is 0 Å². The molecular formula is C23H18ClN3O4. The highest BCUT2D eigenvalue weighted by atomic mass is 35.5. The SMILES string of the molecule is O=C(O)c1ccc(CN2C(=O)c3cc(Cl)ccc3NC(=O)[C@H]2Cc2cccnc2)cc1. The minimum Gasteiger partial charge on any atom is -0.478 e. The number of hydrogen-bond acceptors (Lipinski definition) is 4. The Kier molecular flexibility index (Phi) is 5.68. The van der Waals surface area contributed by atoms with Gasteiger partial charge in [0.05, 0.1) is 16.8 Å². The van der Waals surface area contributed by atoms with Crippen LogP contribution >= 0.6 is 11.6 Å². The van der Waals surface area contributed by atoms with E-state index in [1.54, 1.807) is 42.7 Å². The average molecular weight is 436 g/mol. The van der Waals surface area contributed by atoms with Crippen molar-refractivity contribution in [2.24, 2.45) is 0 Å². The van der Waals surface area contributed by atoms with Crippen LogP contribution in [0.4, 0.5) is 5.69 Å². The van der Waals surface area contributed by atoms with Gasteiger partial charge < -0.3 is 15.3 Å². The fraction of sp³-hybridized carbons (Fsp3) is 0.130. The molecule has 0 saturated heterocycles. The molecule has 0 radical (unpaired) electrons. The number of rotatable bonds is 5. The Morgan fingerprint density at radius 1 is 1.10 bits per heavy atom. The van der Waals surface area contributed by atoms with Crippen LogP contribution in [0.2, 0.25) is 5.02 Å². The Bertz CT molecular complexity index is 1150. The molecule has 8 heteroatoms. The monoisotopic (exact) mass is 435 g/mol. The van der Waals surface area contributed by atoms with Gasteiger partial charge in [-0.05, 0) is 47.5 Å². The molecular weight excluding hydrogens is 418 g/mol. The number of carbonyl (C=O) groups excluding carboxylic acids is 2. The third-order valence-corrected chi connectivity index (χ3v) is 5.35. The van der Waals surface area contributed by atoms with E-state index in [1.165, 1.54) is 23.1 Å². The van der Waals surface area contributed by atoms with Crippen LogP contribution in [0, 0.1) is 0 Å². The number of pyridine rings is 1. The van der Waals surface area contributed by atoms with Gasteiger partial charge in [-0.2, -0.15) is 0 Å². The number of benzene rings is 2. The lowest BCUT2D eigenvalue weighted by molar-refractivity contribution is -0.120. The van der Waals surface area contributed by atoms with E-state index in [-0.39, 0.29) is 30.3 Å². The maximum atomic E-state index is 13.5. The summed E-state index contributed by atoms with van der Waals surface area (Å²) in [5.74, 6) is -1.69. The maximum absolute atomic E-state index is 13.5. The van der Waals surface area contributed by atoms with Crippen molar-refractivity contribution in [3.8, 4) is 0 Å². The Morgan fingerprint density at radius 3 is 2.55 bits per heavy atom. The van der Waals surface area contributed by atoms with Gasteiger partial charge in [0, 0.05) is 30.4 Å². The van der Waals surface area contributed by atoms with Crippen molar-refractivity contribution in [2.75, 3.05) is 5.32 Å². The predicted octanol–water partition coefficient (Wildman–Crippen LogP) is 3.64. The molecule has 2 amide bonds. The maximum Gasteiger partial charge on any atom is 0.335 e. The van der Waals surface area contributed by atoms with Gasteiger partial charge in [0.1, 0.15) is 6.04 Å². The summed E-state index contributed by atoms with van der Waals surface area (Å²) in [6, 6.07) is 13.8. The Labute approximate surface area is 183 Å². The van der Waals surface area contributed by atoms with E-state index >= 15 is 0 Å². The molecule has 0 bridgehead atoms. The first-order chi connectivity index (χ1) is 14.9. The van der Waals surface area contributed by atoms with Crippen LogP contribution in [-0.2, 0) is 17.8 Å². The molecule has 2 aromatic carbocycles. The first-order valence-corrected chi connectivity index (χ1v) is 9.92. The second-order valence-corrected chi connectivity index (χ2v) is 7.63. The summed E-state index contributed by atoms with van der Waals surface area (Å²) < 4.78 is 0. The van der Waals surface area contributed by atoms with Crippen molar-refractivity contribution >= 4 is 35.1 Å². The molecule has 31 heavy (non-hydrogen) atoms. The zero-order chi connectivity index (χ0) is 22.0. The smallest absolute Gasteiger partial charge is 0.335 e. The highest BCUT2D eigenvalue weighted by Crippen LogP contribution is 2.28. The largest absolute Gasteiger partial charge is 0.478 e. The van der Waals surface area contributed by atoms with Crippen molar-refractivity contribution in [3.05, 3.63) is 94.3 Å². The van der Waals surface area contributed by atoms with Gasteiger partial charge in [0.15, 0.2) is 0 Å². The minimum atomic E-state index is -1.03. The fourth-order valence-corrected chi connectivity index (χ4v) is 3.70. The number of nitrogens with zero attached hydrogens (tertiary/aromatic N) is 2. The van der Waals surface area contributed by atoms with Gasteiger partial charge in [-0.1, -0.05) is 29.8 Å². The Hall–Kier alpha value is -3.71. The van der Waals surface area contributed by atoms with Crippen LogP contribution in [0.3, 0.4) is 0 Å². The molecule has 0 aliphatic carbocycles. The first kappa shape index (κ1) is 20.6. The average Bonchev–Trinajstić information content (AvgIpc) is 2.85. The summed E-state index contributed by atoms with van der Waals surface area (Å²) >= 11 is 6.11. The van der Waals surface area contributed by atoms with E-state index in [0.717, 1.165) is 5.56 Å². The Balaban J connectivity index is 1.73. The number of carbonyl (C=O) groups is 3. The van der Waals surface area contributed by atoms with Gasteiger partial charge in [0.2, 0.25) is 5.91 Å². The molecule has 1 aliphatic heterocycles. The highest BCUT2D eigenvalue weighted by molar-refractivity contribution is 6.31. The lowest BCUT2D eigenvalue weighted by Crippen LogP contribution is -2.46. The Morgan fingerprint density at radius 2 is 1.87 bits per heavy atom. The second-order valence-electron chi connectivity index (χ2n) is 7.20. The fourth-order valence-electron chi connectivity index (χ4n) is 3.53. The number of carboxylic acid groups (broad SMARTS) is 1. The second kappa shape index (κ2) is 8.57. The van der Waals surface area contributed by atoms with Crippen molar-refractivity contribution in [3.63, 3.8) is 0 Å². The van der Waals surface area contributed by atoms with Crippen LogP contribution < -0.4 is 5.32 Å². The molecule has 3 aromatic rings. The summed E-state index contributed by atoms with van der Waals surface area (Å²) in [5, 5.41) is 12.3. The molecule has 0 saturated carbocycles. The topological polar surface area (TPSA) is 99.6 Å². The molecule has 2 heterocycles. The van der Waals surface area contributed by atoms with Crippen molar-refractivity contribution < 1.29 is 19.5 Å². The van der Waals surface area contributed by atoms with Crippen molar-refractivity contribution in [1.29, 1.82) is 0 Å². The highest BCUT2D eigenvalue weighted by Gasteiger charge is 2.35. The van der Waals surface area contributed by atoms with Gasteiger partial charge in [-0.25, -0.2) is 4.79 Å². The number of carboxylic acids is 1. The molecule has 2 N–H and O–H groups in total. The van der Waals surface area contributed by atoms with Crippen molar-refractivity contribution in [2.45, 2.75) is 19.0 Å². The number of fused-ring (bicyclic) bond motifs is 1.